The van der Waals surface area contributed by atoms with Crippen LogP contribution in [0.15, 0.2) is 36.4 Å². The minimum atomic E-state index is -1.30. The lowest BCUT2D eigenvalue weighted by molar-refractivity contribution is 0.0693. The van der Waals surface area contributed by atoms with Gasteiger partial charge in [-0.1, -0.05) is 6.07 Å². The molecule has 0 aromatic heterocycles. The molecular formula is C15H10FNO3. The first-order chi connectivity index (χ1) is 9.51. The number of carboxylic acid groups (broad SMARTS) is 1. The lowest BCUT2D eigenvalue weighted by Crippen LogP contribution is -2.01. The summed E-state index contributed by atoms with van der Waals surface area (Å²) in [5, 5.41) is 18.1. The molecule has 5 heteroatoms. The van der Waals surface area contributed by atoms with Crippen molar-refractivity contribution in [1.29, 1.82) is 5.26 Å². The quantitative estimate of drug-likeness (QED) is 0.927. The number of rotatable bonds is 3. The second-order valence-corrected chi connectivity index (χ2v) is 4.16. The van der Waals surface area contributed by atoms with E-state index in [0.29, 0.717) is 0 Å². The van der Waals surface area contributed by atoms with Gasteiger partial charge in [-0.25, -0.2) is 9.18 Å². The first-order valence-electron chi connectivity index (χ1n) is 5.72. The van der Waals surface area contributed by atoms with E-state index in [4.69, 9.17) is 15.1 Å². The van der Waals surface area contributed by atoms with Crippen LogP contribution >= 0.6 is 0 Å². The van der Waals surface area contributed by atoms with E-state index in [-0.39, 0.29) is 22.6 Å². The van der Waals surface area contributed by atoms with Gasteiger partial charge in [0.2, 0.25) is 0 Å². The normalized spacial score (nSPS) is 9.85. The standard InChI is InChI=1S/C15H10FNO3/c1-9-2-4-13(10(6-9)8-17)20-14-5-3-11(16)7-12(14)15(18)19/h2-7H,1H3,(H,18,19). The fourth-order valence-electron chi connectivity index (χ4n) is 1.70. The van der Waals surface area contributed by atoms with Crippen LogP contribution in [0.4, 0.5) is 4.39 Å². The maximum atomic E-state index is 13.1. The van der Waals surface area contributed by atoms with E-state index in [9.17, 15) is 9.18 Å². The molecule has 0 bridgehead atoms. The van der Waals surface area contributed by atoms with Crippen molar-refractivity contribution in [3.63, 3.8) is 0 Å². The lowest BCUT2D eigenvalue weighted by atomic mass is 10.1. The average Bonchev–Trinajstić information content (AvgIpc) is 2.42. The molecule has 0 atom stereocenters. The van der Waals surface area contributed by atoms with Gasteiger partial charge >= 0.3 is 5.97 Å². The summed E-state index contributed by atoms with van der Waals surface area (Å²) in [4.78, 5) is 11.1. The van der Waals surface area contributed by atoms with E-state index >= 15 is 0 Å². The minimum absolute atomic E-state index is 0.0146. The zero-order chi connectivity index (χ0) is 14.7. The second kappa shape index (κ2) is 5.41. The SMILES string of the molecule is Cc1ccc(Oc2ccc(F)cc2C(=O)O)c(C#N)c1. The third-order valence-corrected chi connectivity index (χ3v) is 2.65. The molecule has 0 saturated carbocycles. The van der Waals surface area contributed by atoms with Gasteiger partial charge in [-0.2, -0.15) is 5.26 Å². The van der Waals surface area contributed by atoms with Gasteiger partial charge in [0.15, 0.2) is 0 Å². The number of hydrogen-bond donors (Lipinski definition) is 1. The third-order valence-electron chi connectivity index (χ3n) is 2.65. The monoisotopic (exact) mass is 271 g/mol. The van der Waals surface area contributed by atoms with E-state index < -0.39 is 11.8 Å². The maximum absolute atomic E-state index is 13.1. The molecule has 0 aliphatic carbocycles. The molecule has 0 unspecified atom stereocenters. The van der Waals surface area contributed by atoms with Crippen molar-refractivity contribution in [1.82, 2.24) is 0 Å². The van der Waals surface area contributed by atoms with Crippen molar-refractivity contribution in [3.8, 4) is 17.6 Å². The predicted octanol–water partition coefficient (Wildman–Crippen LogP) is 3.50. The molecule has 0 aliphatic rings. The lowest BCUT2D eigenvalue weighted by Gasteiger charge is -2.10. The summed E-state index contributed by atoms with van der Waals surface area (Å²) in [6.45, 7) is 1.82. The van der Waals surface area contributed by atoms with E-state index in [1.165, 1.54) is 6.07 Å². The molecule has 2 aromatic carbocycles. The van der Waals surface area contributed by atoms with Crippen LogP contribution in [-0.2, 0) is 0 Å². The van der Waals surface area contributed by atoms with Crippen molar-refractivity contribution >= 4 is 5.97 Å². The van der Waals surface area contributed by atoms with Crippen molar-refractivity contribution in [2.75, 3.05) is 0 Å². The van der Waals surface area contributed by atoms with Crippen molar-refractivity contribution in [2.45, 2.75) is 6.92 Å². The highest BCUT2D eigenvalue weighted by Crippen LogP contribution is 2.29. The van der Waals surface area contributed by atoms with E-state index in [1.807, 2.05) is 13.0 Å². The van der Waals surface area contributed by atoms with E-state index in [1.54, 1.807) is 18.2 Å². The second-order valence-electron chi connectivity index (χ2n) is 4.16. The number of aryl methyl sites for hydroxylation is 1. The molecule has 1 N–H and O–H groups in total. The van der Waals surface area contributed by atoms with Crippen LogP contribution in [0.3, 0.4) is 0 Å². The zero-order valence-electron chi connectivity index (χ0n) is 10.6. The molecule has 2 rings (SSSR count). The molecule has 4 nitrogen and oxygen atoms in total. The van der Waals surface area contributed by atoms with Crippen LogP contribution in [0.5, 0.6) is 11.5 Å². The number of benzene rings is 2. The summed E-state index contributed by atoms with van der Waals surface area (Å²) < 4.78 is 18.5. The zero-order valence-corrected chi connectivity index (χ0v) is 10.6. The molecule has 0 radical (unpaired) electrons. The largest absolute Gasteiger partial charge is 0.478 e. The van der Waals surface area contributed by atoms with Crippen molar-refractivity contribution < 1.29 is 19.0 Å². The molecule has 0 heterocycles. The summed E-state index contributed by atoms with van der Waals surface area (Å²) in [6.07, 6.45) is 0. The topological polar surface area (TPSA) is 70.3 Å². The Bertz CT molecular complexity index is 720. The number of nitriles is 1. The Morgan fingerprint density at radius 3 is 2.60 bits per heavy atom. The Balaban J connectivity index is 2.45. The Hall–Kier alpha value is -2.87. The molecule has 100 valence electrons. The van der Waals surface area contributed by atoms with Gasteiger partial charge in [-0.3, -0.25) is 0 Å². The fourth-order valence-corrected chi connectivity index (χ4v) is 1.70. The van der Waals surface area contributed by atoms with Crippen LogP contribution in [0.25, 0.3) is 0 Å². The summed E-state index contributed by atoms with van der Waals surface area (Å²) >= 11 is 0. The van der Waals surface area contributed by atoms with Crippen molar-refractivity contribution in [2.24, 2.45) is 0 Å². The molecule has 0 fully saturated rings. The average molecular weight is 271 g/mol. The Morgan fingerprint density at radius 1 is 1.25 bits per heavy atom. The van der Waals surface area contributed by atoms with Crippen LogP contribution in [-0.4, -0.2) is 11.1 Å². The first-order valence-corrected chi connectivity index (χ1v) is 5.72. The highest BCUT2D eigenvalue weighted by atomic mass is 19.1. The predicted molar refractivity (Wildman–Crippen MR) is 69.3 cm³/mol. The van der Waals surface area contributed by atoms with Gasteiger partial charge in [-0.15, -0.1) is 0 Å². The van der Waals surface area contributed by atoms with Crippen molar-refractivity contribution in [3.05, 3.63) is 58.9 Å². The van der Waals surface area contributed by atoms with Gasteiger partial charge in [0.25, 0.3) is 0 Å². The number of carbonyl (C=O) groups is 1. The van der Waals surface area contributed by atoms with Crippen LogP contribution in [0, 0.1) is 24.1 Å². The maximum Gasteiger partial charge on any atom is 0.339 e. The highest BCUT2D eigenvalue weighted by Gasteiger charge is 2.14. The Labute approximate surface area is 114 Å². The van der Waals surface area contributed by atoms with Gasteiger partial charge in [0.05, 0.1) is 5.56 Å². The molecule has 0 amide bonds. The summed E-state index contributed by atoms with van der Waals surface area (Å²) in [7, 11) is 0. The van der Waals surface area contributed by atoms with Gasteiger partial charge < -0.3 is 9.84 Å². The number of aromatic carboxylic acids is 1. The number of carboxylic acids is 1. The number of hydrogen-bond acceptors (Lipinski definition) is 3. The molecule has 20 heavy (non-hydrogen) atoms. The highest BCUT2D eigenvalue weighted by molar-refractivity contribution is 5.91. The fraction of sp³-hybridized carbons (Fsp3) is 0.0667. The number of ether oxygens (including phenoxy) is 1. The molecule has 2 aromatic rings. The molecule has 0 spiro atoms. The van der Waals surface area contributed by atoms with Gasteiger partial charge in [0.1, 0.15) is 28.9 Å². The molecule has 0 aliphatic heterocycles. The third kappa shape index (κ3) is 2.75. The first kappa shape index (κ1) is 13.6. The van der Waals surface area contributed by atoms with E-state index in [0.717, 1.165) is 17.7 Å². The Morgan fingerprint density at radius 2 is 1.95 bits per heavy atom. The number of halogens is 1. The summed E-state index contributed by atoms with van der Waals surface area (Å²) in [5.74, 6) is -1.75. The Kier molecular flexibility index (Phi) is 3.67. The smallest absolute Gasteiger partial charge is 0.339 e. The van der Waals surface area contributed by atoms with Gasteiger partial charge in [0, 0.05) is 0 Å². The summed E-state index contributed by atoms with van der Waals surface area (Å²) in [6, 6.07) is 10.1. The minimum Gasteiger partial charge on any atom is -0.478 e. The van der Waals surface area contributed by atoms with Crippen LogP contribution < -0.4 is 4.74 Å². The molecule has 0 saturated heterocycles. The van der Waals surface area contributed by atoms with Crippen LogP contribution in [0.2, 0.25) is 0 Å². The van der Waals surface area contributed by atoms with E-state index in [2.05, 4.69) is 0 Å². The van der Waals surface area contributed by atoms with Crippen LogP contribution in [0.1, 0.15) is 21.5 Å². The van der Waals surface area contributed by atoms with Gasteiger partial charge in [-0.05, 0) is 42.8 Å². The molecular weight excluding hydrogens is 261 g/mol. The summed E-state index contributed by atoms with van der Waals surface area (Å²) in [5.41, 5.74) is 0.867. The number of nitrogens with zero attached hydrogens (tertiary/aromatic N) is 1.